The number of nitrogens with one attached hydrogen (secondary N) is 1. The molecule has 2 heterocycles. The van der Waals surface area contributed by atoms with Gasteiger partial charge in [-0.05, 0) is 24.3 Å². The van der Waals surface area contributed by atoms with Gasteiger partial charge in [-0.1, -0.05) is 12.1 Å². The van der Waals surface area contributed by atoms with Gasteiger partial charge in [0.25, 0.3) is 5.91 Å². The number of phenols is 1. The molecule has 104 valence electrons. The van der Waals surface area contributed by atoms with E-state index >= 15 is 0 Å². The van der Waals surface area contributed by atoms with Crippen molar-refractivity contribution < 1.29 is 9.90 Å². The number of hydrogen-bond donors (Lipinski definition) is 2. The highest BCUT2D eigenvalue weighted by Crippen LogP contribution is 2.25. The van der Waals surface area contributed by atoms with E-state index in [4.69, 9.17) is 0 Å². The number of phenolic OH excluding ortho intramolecular Hbond substituents is 1. The van der Waals surface area contributed by atoms with E-state index in [0.29, 0.717) is 5.13 Å². The van der Waals surface area contributed by atoms with Crippen LogP contribution in [-0.4, -0.2) is 21.0 Å². The Hall–Kier alpha value is -2.73. The Morgan fingerprint density at radius 1 is 1.19 bits per heavy atom. The molecule has 0 fully saturated rings. The molecule has 1 amide bonds. The van der Waals surface area contributed by atoms with Crippen LogP contribution >= 0.6 is 11.3 Å². The average molecular weight is 297 g/mol. The highest BCUT2D eigenvalue weighted by molar-refractivity contribution is 7.14. The first-order valence-electron chi connectivity index (χ1n) is 6.19. The molecule has 0 aliphatic carbocycles. The summed E-state index contributed by atoms with van der Waals surface area (Å²) in [5, 5.41) is 14.7. The number of pyridine rings is 1. The first-order chi connectivity index (χ1) is 10.2. The summed E-state index contributed by atoms with van der Waals surface area (Å²) < 4.78 is 0. The fraction of sp³-hybridized carbons (Fsp3) is 0. The Kier molecular flexibility index (Phi) is 3.61. The minimum absolute atomic E-state index is 0.0564. The number of rotatable bonds is 3. The Morgan fingerprint density at radius 2 is 2.05 bits per heavy atom. The van der Waals surface area contributed by atoms with Crippen LogP contribution in [-0.2, 0) is 0 Å². The smallest absolute Gasteiger partial charge is 0.261 e. The predicted molar refractivity (Wildman–Crippen MR) is 81.4 cm³/mol. The average Bonchev–Trinajstić information content (AvgIpc) is 2.97. The molecule has 3 rings (SSSR count). The third-order valence-electron chi connectivity index (χ3n) is 2.83. The summed E-state index contributed by atoms with van der Waals surface area (Å²) in [4.78, 5) is 20.4. The van der Waals surface area contributed by atoms with Crippen molar-refractivity contribution in [3.63, 3.8) is 0 Å². The number of aromatic nitrogens is 2. The molecular formula is C15H11N3O2S. The first kappa shape index (κ1) is 13.3. The fourth-order valence-electron chi connectivity index (χ4n) is 1.81. The molecule has 0 unspecified atom stereocenters. The van der Waals surface area contributed by atoms with Crippen molar-refractivity contribution in [3.8, 4) is 17.0 Å². The summed E-state index contributed by atoms with van der Waals surface area (Å²) in [5.74, 6) is -0.445. The molecule has 0 aliphatic rings. The Balaban J connectivity index is 1.79. The van der Waals surface area contributed by atoms with E-state index in [-0.39, 0.29) is 17.2 Å². The number of carbonyl (C=O) groups excluding carboxylic acids is 1. The number of carbonyl (C=O) groups is 1. The predicted octanol–water partition coefficient (Wildman–Crippen LogP) is 3.16. The Bertz CT molecular complexity index is 771. The molecule has 0 radical (unpaired) electrons. The number of hydrogen-bond acceptors (Lipinski definition) is 5. The van der Waals surface area contributed by atoms with Gasteiger partial charge < -0.3 is 5.11 Å². The van der Waals surface area contributed by atoms with Gasteiger partial charge in [0.2, 0.25) is 0 Å². The lowest BCUT2D eigenvalue weighted by Gasteiger charge is -2.03. The summed E-state index contributed by atoms with van der Waals surface area (Å²) >= 11 is 1.32. The second-order valence-corrected chi connectivity index (χ2v) is 5.11. The third kappa shape index (κ3) is 2.90. The number of amides is 1. The number of benzene rings is 1. The summed E-state index contributed by atoms with van der Waals surface area (Å²) in [6.45, 7) is 0. The van der Waals surface area contributed by atoms with E-state index in [0.717, 1.165) is 11.3 Å². The molecule has 0 bridgehead atoms. The van der Waals surface area contributed by atoms with E-state index in [1.54, 1.807) is 30.6 Å². The molecule has 1 aromatic carbocycles. The summed E-state index contributed by atoms with van der Waals surface area (Å²) in [6, 6.07) is 10.1. The maximum atomic E-state index is 12.1. The van der Waals surface area contributed by atoms with E-state index in [1.165, 1.54) is 17.4 Å². The Labute approximate surface area is 124 Å². The maximum absolute atomic E-state index is 12.1. The van der Waals surface area contributed by atoms with Gasteiger partial charge in [0.1, 0.15) is 5.75 Å². The summed E-state index contributed by atoms with van der Waals surface area (Å²) in [6.07, 6.45) is 3.40. The molecule has 5 nitrogen and oxygen atoms in total. The fourth-order valence-corrected chi connectivity index (χ4v) is 2.52. The highest BCUT2D eigenvalue weighted by Gasteiger charge is 2.12. The Morgan fingerprint density at radius 3 is 2.81 bits per heavy atom. The van der Waals surface area contributed by atoms with E-state index in [2.05, 4.69) is 15.3 Å². The number of anilines is 1. The lowest BCUT2D eigenvalue weighted by Crippen LogP contribution is -2.11. The molecule has 2 aromatic heterocycles. The lowest BCUT2D eigenvalue weighted by molar-refractivity contribution is 0.102. The SMILES string of the molecule is O=C(Nc1nc(-c2cccnc2)cs1)c1ccccc1O. The van der Waals surface area contributed by atoms with Gasteiger partial charge in [-0.15, -0.1) is 11.3 Å². The van der Waals surface area contributed by atoms with Crippen LogP contribution in [0.15, 0.2) is 54.2 Å². The van der Waals surface area contributed by atoms with Crippen molar-refractivity contribution >= 4 is 22.4 Å². The minimum Gasteiger partial charge on any atom is -0.507 e. The number of aromatic hydroxyl groups is 1. The van der Waals surface area contributed by atoms with E-state index in [9.17, 15) is 9.90 Å². The zero-order chi connectivity index (χ0) is 14.7. The molecule has 0 atom stereocenters. The number of para-hydroxylation sites is 1. The van der Waals surface area contributed by atoms with Gasteiger partial charge in [-0.2, -0.15) is 0 Å². The molecule has 3 aromatic rings. The van der Waals surface area contributed by atoms with Crippen LogP contribution in [0.1, 0.15) is 10.4 Å². The highest BCUT2D eigenvalue weighted by atomic mass is 32.1. The molecule has 0 spiro atoms. The number of thiazole rings is 1. The van der Waals surface area contributed by atoms with Gasteiger partial charge >= 0.3 is 0 Å². The number of nitrogens with zero attached hydrogens (tertiary/aromatic N) is 2. The van der Waals surface area contributed by atoms with E-state index in [1.807, 2.05) is 17.5 Å². The maximum Gasteiger partial charge on any atom is 0.261 e. The van der Waals surface area contributed by atoms with Crippen molar-refractivity contribution in [2.75, 3.05) is 5.32 Å². The molecule has 2 N–H and O–H groups in total. The van der Waals surface area contributed by atoms with Gasteiger partial charge in [0.15, 0.2) is 5.13 Å². The van der Waals surface area contributed by atoms with Crippen molar-refractivity contribution in [2.45, 2.75) is 0 Å². The van der Waals surface area contributed by atoms with Gasteiger partial charge in [0, 0.05) is 23.3 Å². The van der Waals surface area contributed by atoms with Gasteiger partial charge in [0.05, 0.1) is 11.3 Å². The van der Waals surface area contributed by atoms with Crippen LogP contribution < -0.4 is 5.32 Å². The van der Waals surface area contributed by atoms with Gasteiger partial charge in [-0.25, -0.2) is 4.98 Å². The monoisotopic (exact) mass is 297 g/mol. The zero-order valence-electron chi connectivity index (χ0n) is 10.9. The molecular weight excluding hydrogens is 286 g/mol. The van der Waals surface area contributed by atoms with Gasteiger partial charge in [-0.3, -0.25) is 15.1 Å². The molecule has 0 saturated heterocycles. The normalized spacial score (nSPS) is 10.3. The quantitative estimate of drug-likeness (QED) is 0.778. The molecule has 0 saturated carbocycles. The van der Waals surface area contributed by atoms with Crippen LogP contribution in [0.4, 0.5) is 5.13 Å². The second kappa shape index (κ2) is 5.72. The van der Waals surface area contributed by atoms with E-state index < -0.39 is 0 Å². The third-order valence-corrected chi connectivity index (χ3v) is 3.59. The van der Waals surface area contributed by atoms with Crippen LogP contribution in [0.25, 0.3) is 11.3 Å². The van der Waals surface area contributed by atoms with Crippen molar-refractivity contribution in [1.82, 2.24) is 9.97 Å². The molecule has 6 heteroatoms. The molecule has 21 heavy (non-hydrogen) atoms. The second-order valence-electron chi connectivity index (χ2n) is 4.25. The van der Waals surface area contributed by atoms with Crippen molar-refractivity contribution in [3.05, 3.63) is 59.7 Å². The summed E-state index contributed by atoms with van der Waals surface area (Å²) in [7, 11) is 0. The minimum atomic E-state index is -0.389. The van der Waals surface area contributed by atoms with Crippen molar-refractivity contribution in [2.24, 2.45) is 0 Å². The van der Waals surface area contributed by atoms with Crippen LogP contribution in [0.2, 0.25) is 0 Å². The van der Waals surface area contributed by atoms with Crippen LogP contribution in [0.3, 0.4) is 0 Å². The standard InChI is InChI=1S/C15H11N3O2S/c19-13-6-2-1-5-11(13)14(20)18-15-17-12(9-21-15)10-4-3-7-16-8-10/h1-9,19H,(H,17,18,20). The topological polar surface area (TPSA) is 75.1 Å². The first-order valence-corrected chi connectivity index (χ1v) is 7.07. The van der Waals surface area contributed by atoms with Crippen LogP contribution in [0, 0.1) is 0 Å². The lowest BCUT2D eigenvalue weighted by atomic mass is 10.2. The van der Waals surface area contributed by atoms with Crippen LogP contribution in [0.5, 0.6) is 5.75 Å². The zero-order valence-corrected chi connectivity index (χ0v) is 11.7. The largest absolute Gasteiger partial charge is 0.507 e. The summed E-state index contributed by atoms with van der Waals surface area (Å²) in [5.41, 5.74) is 1.85. The van der Waals surface area contributed by atoms with Crippen molar-refractivity contribution in [1.29, 1.82) is 0 Å². The molecule has 0 aliphatic heterocycles.